The van der Waals surface area contributed by atoms with Crippen LogP contribution in [-0.4, -0.2) is 46.3 Å². The number of aryl methyl sites for hydroxylation is 1. The second-order valence-electron chi connectivity index (χ2n) is 9.80. The number of halogens is 1. The van der Waals surface area contributed by atoms with Gasteiger partial charge < -0.3 is 19.3 Å². The highest BCUT2D eigenvalue weighted by molar-refractivity contribution is 7.19. The minimum Gasteiger partial charge on any atom is -0.480 e. The predicted molar refractivity (Wildman–Crippen MR) is 143 cm³/mol. The van der Waals surface area contributed by atoms with Crippen molar-refractivity contribution in [1.29, 1.82) is 5.26 Å². The number of aliphatic carboxylic acids is 1. The molecule has 40 heavy (non-hydrogen) atoms. The summed E-state index contributed by atoms with van der Waals surface area (Å²) < 4.78 is 33.8. The van der Waals surface area contributed by atoms with Gasteiger partial charge in [-0.3, -0.25) is 14.2 Å². The third kappa shape index (κ3) is 5.36. The maximum Gasteiger partial charge on any atom is 0.357 e. The van der Waals surface area contributed by atoms with Crippen LogP contribution in [0.1, 0.15) is 48.8 Å². The van der Waals surface area contributed by atoms with Crippen LogP contribution in [0.15, 0.2) is 27.8 Å². The summed E-state index contributed by atoms with van der Waals surface area (Å²) in [6, 6.07) is 5.77. The Morgan fingerprint density at radius 1 is 1.38 bits per heavy atom. The van der Waals surface area contributed by atoms with Gasteiger partial charge in [-0.25, -0.2) is 25.1 Å². The zero-order valence-electron chi connectivity index (χ0n) is 22.1. The molecule has 210 valence electrons. The number of hydrogen-bond acceptors (Lipinski definition) is 8. The summed E-state index contributed by atoms with van der Waals surface area (Å²) in [5, 5.41) is 19.6. The quantitative estimate of drug-likeness (QED) is 0.386. The minimum atomic E-state index is -1.93. The maximum atomic E-state index is 14.5. The fourth-order valence-corrected chi connectivity index (χ4v) is 5.73. The van der Waals surface area contributed by atoms with Crippen LogP contribution in [0.25, 0.3) is 15.1 Å². The number of nitrogens with zero attached hydrogens (tertiary/aromatic N) is 4. The summed E-state index contributed by atoms with van der Waals surface area (Å²) in [7, 11) is 0. The van der Waals surface area contributed by atoms with Crippen molar-refractivity contribution in [1.82, 2.24) is 9.13 Å². The number of hydrogen-bond donors (Lipinski definition) is 1. The molecule has 1 aliphatic rings. The molecule has 0 spiro atoms. The van der Waals surface area contributed by atoms with E-state index < -0.39 is 34.7 Å². The highest BCUT2D eigenvalue weighted by atomic mass is 32.1. The molecule has 0 saturated carbocycles. The molecule has 1 N–H and O–H groups in total. The SMILES string of the molecule is [C-]#[N+]COc1ccc(F)cc1C(Cn1c(=O)n(C(C)(C)C(=O)O)c(=O)c2c(C)c(C#N)sc21)OC1CCOCC1. The number of carboxylic acid groups (broad SMARTS) is 1. The first-order valence-electron chi connectivity index (χ1n) is 12.4. The summed E-state index contributed by atoms with van der Waals surface area (Å²) in [4.78, 5) is 43.1. The van der Waals surface area contributed by atoms with Gasteiger partial charge in [0, 0.05) is 18.8 Å². The van der Waals surface area contributed by atoms with Crippen molar-refractivity contribution in [3.63, 3.8) is 0 Å². The summed E-state index contributed by atoms with van der Waals surface area (Å²) >= 11 is 0.931. The molecule has 0 radical (unpaired) electrons. The van der Waals surface area contributed by atoms with Gasteiger partial charge in [-0.2, -0.15) is 5.26 Å². The van der Waals surface area contributed by atoms with E-state index in [0.29, 0.717) is 36.2 Å². The summed E-state index contributed by atoms with van der Waals surface area (Å²) in [5.41, 5.74) is -3.11. The fraction of sp³-hybridized carbons (Fsp3) is 0.444. The van der Waals surface area contributed by atoms with E-state index in [0.717, 1.165) is 11.3 Å². The first kappa shape index (κ1) is 29.0. The molecule has 3 heterocycles. The van der Waals surface area contributed by atoms with Crippen LogP contribution in [0.5, 0.6) is 5.75 Å². The van der Waals surface area contributed by atoms with E-state index in [9.17, 15) is 29.1 Å². The average molecular weight is 571 g/mol. The van der Waals surface area contributed by atoms with Crippen LogP contribution in [0.4, 0.5) is 4.39 Å². The molecule has 1 atom stereocenters. The lowest BCUT2D eigenvalue weighted by molar-refractivity contribution is -0.146. The zero-order chi connectivity index (χ0) is 29.2. The first-order chi connectivity index (χ1) is 19.0. The van der Waals surface area contributed by atoms with E-state index in [-0.39, 0.29) is 45.8 Å². The van der Waals surface area contributed by atoms with Crippen LogP contribution in [0, 0.1) is 30.6 Å². The Bertz CT molecular complexity index is 1650. The monoisotopic (exact) mass is 570 g/mol. The maximum absolute atomic E-state index is 14.5. The smallest absolute Gasteiger partial charge is 0.357 e. The van der Waals surface area contributed by atoms with Crippen molar-refractivity contribution < 1.29 is 28.5 Å². The Balaban J connectivity index is 1.98. The van der Waals surface area contributed by atoms with Gasteiger partial charge in [-0.05, 0) is 57.4 Å². The lowest BCUT2D eigenvalue weighted by Crippen LogP contribution is -2.52. The van der Waals surface area contributed by atoms with Crippen molar-refractivity contribution in [3.8, 4) is 11.8 Å². The van der Waals surface area contributed by atoms with Gasteiger partial charge >= 0.3 is 18.4 Å². The van der Waals surface area contributed by atoms with Crippen molar-refractivity contribution >= 4 is 27.5 Å². The molecule has 13 heteroatoms. The van der Waals surface area contributed by atoms with Crippen LogP contribution < -0.4 is 16.0 Å². The van der Waals surface area contributed by atoms with Crippen LogP contribution in [-0.2, 0) is 26.4 Å². The molecule has 3 aromatic rings. The summed E-state index contributed by atoms with van der Waals surface area (Å²) in [6.45, 7) is 11.4. The number of benzene rings is 1. The normalized spacial score (nSPS) is 14.9. The Morgan fingerprint density at radius 3 is 2.70 bits per heavy atom. The van der Waals surface area contributed by atoms with E-state index >= 15 is 0 Å². The average Bonchev–Trinajstić information content (AvgIpc) is 3.26. The van der Waals surface area contributed by atoms with Gasteiger partial charge in [0.15, 0.2) is 0 Å². The van der Waals surface area contributed by atoms with Crippen LogP contribution in [0.2, 0.25) is 0 Å². The highest BCUT2D eigenvalue weighted by Crippen LogP contribution is 2.35. The molecule has 1 fully saturated rings. The highest BCUT2D eigenvalue weighted by Gasteiger charge is 2.36. The zero-order valence-corrected chi connectivity index (χ0v) is 22.9. The molecule has 1 aromatic carbocycles. The number of ether oxygens (including phenoxy) is 3. The molecule has 4 rings (SSSR count). The Hall–Kier alpha value is -4.04. The van der Waals surface area contributed by atoms with Crippen LogP contribution in [0.3, 0.4) is 0 Å². The van der Waals surface area contributed by atoms with Crippen molar-refractivity contribution in [2.45, 2.75) is 57.9 Å². The first-order valence-corrected chi connectivity index (χ1v) is 13.2. The number of carbonyl (C=O) groups is 1. The number of nitriles is 1. The predicted octanol–water partition coefficient (Wildman–Crippen LogP) is 3.56. The Kier molecular flexibility index (Phi) is 8.40. The second kappa shape index (κ2) is 11.6. The molecule has 1 aliphatic heterocycles. The van der Waals surface area contributed by atoms with Gasteiger partial charge in [0.05, 0.1) is 18.0 Å². The third-order valence-electron chi connectivity index (χ3n) is 6.87. The third-order valence-corrected chi connectivity index (χ3v) is 8.09. The van der Waals surface area contributed by atoms with Crippen molar-refractivity contribution in [3.05, 3.63) is 72.3 Å². The molecule has 0 aliphatic carbocycles. The van der Waals surface area contributed by atoms with E-state index in [1.54, 1.807) is 6.92 Å². The lowest BCUT2D eigenvalue weighted by Gasteiger charge is -2.30. The molecule has 11 nitrogen and oxygen atoms in total. The van der Waals surface area contributed by atoms with E-state index in [2.05, 4.69) is 4.85 Å². The van der Waals surface area contributed by atoms with Gasteiger partial charge in [-0.15, -0.1) is 11.3 Å². The van der Waals surface area contributed by atoms with Gasteiger partial charge in [0.2, 0.25) is 0 Å². The number of fused-ring (bicyclic) bond motifs is 1. The van der Waals surface area contributed by atoms with Crippen molar-refractivity contribution in [2.24, 2.45) is 0 Å². The largest absolute Gasteiger partial charge is 0.480 e. The van der Waals surface area contributed by atoms with Gasteiger partial charge in [0.1, 0.15) is 39.0 Å². The number of aromatic nitrogens is 2. The standard InChI is InChI=1S/C27H27FN4O7S/c1-15-21(12-29)40-24-22(15)23(33)32(27(2,3)25(34)35)26(36)31(24)13-20(39-17-7-9-37-10-8-17)18-11-16(28)5-6-19(18)38-14-30-4/h5-6,11,17,20H,7-10,13-14H2,1-3H3,(H,34,35). The Morgan fingerprint density at radius 2 is 2.08 bits per heavy atom. The number of thiophene rings is 1. The topological polar surface area (TPSA) is 137 Å². The van der Waals surface area contributed by atoms with Gasteiger partial charge in [0.25, 0.3) is 5.56 Å². The number of rotatable bonds is 9. The second-order valence-corrected chi connectivity index (χ2v) is 10.8. The van der Waals surface area contributed by atoms with E-state index in [1.165, 1.54) is 36.6 Å². The molecule has 0 amide bonds. The van der Waals surface area contributed by atoms with E-state index in [1.807, 2.05) is 6.07 Å². The van der Waals surface area contributed by atoms with Crippen molar-refractivity contribution in [2.75, 3.05) is 19.9 Å². The Labute approximate surface area is 232 Å². The van der Waals surface area contributed by atoms with E-state index in [4.69, 9.17) is 20.8 Å². The lowest BCUT2D eigenvalue weighted by atomic mass is 10.0. The summed E-state index contributed by atoms with van der Waals surface area (Å²) in [5.74, 6) is -1.82. The number of carboxylic acids is 1. The fourth-order valence-electron chi connectivity index (χ4n) is 4.63. The molecule has 1 saturated heterocycles. The van der Waals surface area contributed by atoms with Crippen LogP contribution >= 0.6 is 11.3 Å². The molecule has 0 bridgehead atoms. The summed E-state index contributed by atoms with van der Waals surface area (Å²) in [6.07, 6.45) is -0.247. The molecular weight excluding hydrogens is 543 g/mol. The molecule has 2 aromatic heterocycles. The molecule has 1 unspecified atom stereocenters. The minimum absolute atomic E-state index is 0.0454. The van der Waals surface area contributed by atoms with Gasteiger partial charge in [-0.1, -0.05) is 0 Å². The molecular formula is C27H27FN4O7S.